The fourth-order valence-corrected chi connectivity index (χ4v) is 3.59. The van der Waals surface area contributed by atoms with Crippen molar-refractivity contribution in [2.75, 3.05) is 33.3 Å². The first kappa shape index (κ1) is 25.3. The Morgan fingerprint density at radius 3 is 2.76 bits per heavy atom. The van der Waals surface area contributed by atoms with Crippen LogP contribution < -0.4 is 0 Å². The van der Waals surface area contributed by atoms with Gasteiger partial charge in [-0.15, -0.1) is 9.52 Å². The third kappa shape index (κ3) is 9.06. The second-order valence-electron chi connectivity index (χ2n) is 7.11. The van der Waals surface area contributed by atoms with E-state index in [2.05, 4.69) is 5.10 Å². The van der Waals surface area contributed by atoms with Gasteiger partial charge in [0.1, 0.15) is 23.9 Å². The molecule has 0 aromatic carbocycles. The van der Waals surface area contributed by atoms with E-state index in [1.54, 1.807) is 20.4 Å². The summed E-state index contributed by atoms with van der Waals surface area (Å²) in [7, 11) is 3.25. The van der Waals surface area contributed by atoms with Gasteiger partial charge in [-0.25, -0.2) is 0 Å². The highest BCUT2D eigenvalue weighted by Crippen LogP contribution is 2.29. The van der Waals surface area contributed by atoms with E-state index in [1.165, 1.54) is 11.3 Å². The number of nitrogens with zero attached hydrogens (tertiary/aromatic N) is 2. The summed E-state index contributed by atoms with van der Waals surface area (Å²) in [6.45, 7) is 7.62. The third-order valence-electron chi connectivity index (χ3n) is 3.96. The summed E-state index contributed by atoms with van der Waals surface area (Å²) in [6.07, 6.45) is 8.93. The molecule has 0 aromatic heterocycles. The molecule has 0 bridgehead atoms. The van der Waals surface area contributed by atoms with E-state index in [-0.39, 0.29) is 25.1 Å². The van der Waals surface area contributed by atoms with Crippen LogP contribution in [0.15, 0.2) is 40.4 Å². The second-order valence-corrected chi connectivity index (χ2v) is 8.61. The summed E-state index contributed by atoms with van der Waals surface area (Å²) in [6, 6.07) is 0. The summed E-state index contributed by atoms with van der Waals surface area (Å²) in [4.78, 5) is 11.4. The molecule has 0 aromatic rings. The molecule has 0 fully saturated rings. The number of hydrazone groups is 1. The van der Waals surface area contributed by atoms with E-state index < -0.39 is 11.4 Å². The zero-order valence-electron chi connectivity index (χ0n) is 18.3. The van der Waals surface area contributed by atoms with Crippen LogP contribution in [0, 0.1) is 11.8 Å². The zero-order valence-corrected chi connectivity index (χ0v) is 19.2. The predicted octanol–water partition coefficient (Wildman–Crippen LogP) is 3.57. The fourth-order valence-electron chi connectivity index (χ4n) is 2.64. The number of ketones is 1. The SMILES string of the molecule is CCC1=C(\OCOC)C(/C=N/N(C)[S+]([O-])CC(C)C)C=CC/C=C\1OCC(C)=O. The molecule has 2 atom stereocenters. The lowest BCUT2D eigenvalue weighted by molar-refractivity contribution is -0.120. The number of hydrogen-bond acceptors (Lipinski definition) is 7. The number of methoxy groups -OCH3 is 1. The Morgan fingerprint density at radius 2 is 2.17 bits per heavy atom. The lowest BCUT2D eigenvalue weighted by Crippen LogP contribution is -2.27. The molecule has 8 heteroatoms. The van der Waals surface area contributed by atoms with E-state index in [0.717, 1.165) is 5.57 Å². The minimum absolute atomic E-state index is 0.00623. The van der Waals surface area contributed by atoms with Crippen LogP contribution in [0.5, 0.6) is 0 Å². The van der Waals surface area contributed by atoms with E-state index in [1.807, 2.05) is 39.0 Å². The Balaban J connectivity index is 3.19. The summed E-state index contributed by atoms with van der Waals surface area (Å²) >= 11 is -1.19. The maximum absolute atomic E-state index is 12.3. The highest BCUT2D eigenvalue weighted by atomic mass is 32.2. The largest absolute Gasteiger partial charge is 0.592 e. The van der Waals surface area contributed by atoms with E-state index in [4.69, 9.17) is 14.2 Å². The van der Waals surface area contributed by atoms with Crippen LogP contribution in [0.4, 0.5) is 0 Å². The molecule has 0 saturated carbocycles. The van der Waals surface area contributed by atoms with Gasteiger partial charge in [-0.05, 0) is 25.8 Å². The Kier molecular flexibility index (Phi) is 11.7. The molecule has 7 nitrogen and oxygen atoms in total. The van der Waals surface area contributed by atoms with Gasteiger partial charge in [-0.1, -0.05) is 32.9 Å². The van der Waals surface area contributed by atoms with E-state index in [9.17, 15) is 9.35 Å². The minimum Gasteiger partial charge on any atom is -0.592 e. The molecule has 1 aliphatic carbocycles. The van der Waals surface area contributed by atoms with Crippen molar-refractivity contribution >= 4 is 23.4 Å². The van der Waals surface area contributed by atoms with Crippen LogP contribution in [0.25, 0.3) is 0 Å². The quantitative estimate of drug-likeness (QED) is 0.156. The van der Waals surface area contributed by atoms with Crippen molar-refractivity contribution in [3.05, 3.63) is 35.3 Å². The maximum Gasteiger partial charge on any atom is 0.188 e. The van der Waals surface area contributed by atoms with E-state index in [0.29, 0.717) is 36.0 Å². The standard InChI is InChI=1S/C21H34N2O5S/c1-7-19-20(27-13-17(4)24)11-9-8-10-18(21(19)28-15-26-6)12-22-23(5)29(25)14-16(2)3/h8,10-12,16,18H,7,9,13-15H2,1-6H3/b10-8?,20-11+,21-19+,22-12+. The Bertz CT molecular complexity index is 643. The normalized spacial score (nSPS) is 22.8. The third-order valence-corrected chi connectivity index (χ3v) is 5.59. The van der Waals surface area contributed by atoms with Crippen molar-refractivity contribution in [1.82, 2.24) is 4.41 Å². The lowest BCUT2D eigenvalue weighted by atomic mass is 9.97. The van der Waals surface area contributed by atoms with Crippen molar-refractivity contribution in [1.29, 1.82) is 0 Å². The maximum atomic E-state index is 12.3. The van der Waals surface area contributed by atoms with Crippen molar-refractivity contribution in [3.63, 3.8) is 0 Å². The van der Waals surface area contributed by atoms with Crippen LogP contribution >= 0.6 is 0 Å². The van der Waals surface area contributed by atoms with Gasteiger partial charge in [0.05, 0.1) is 24.3 Å². The molecule has 1 aliphatic rings. The number of allylic oxidation sites excluding steroid dienone is 4. The van der Waals surface area contributed by atoms with Crippen LogP contribution in [0.3, 0.4) is 0 Å². The molecule has 164 valence electrons. The number of hydrogen-bond donors (Lipinski definition) is 0. The average molecular weight is 427 g/mol. The molecule has 0 saturated heterocycles. The first-order chi connectivity index (χ1) is 13.8. The fraction of sp³-hybridized carbons (Fsp3) is 0.619. The van der Waals surface area contributed by atoms with Gasteiger partial charge in [-0.3, -0.25) is 4.79 Å². The molecular formula is C21H34N2O5S. The summed E-state index contributed by atoms with van der Waals surface area (Å²) in [5, 5.41) is 4.39. The van der Waals surface area contributed by atoms with Gasteiger partial charge >= 0.3 is 0 Å². The molecule has 2 unspecified atom stereocenters. The minimum atomic E-state index is -1.19. The molecule has 0 radical (unpaired) electrons. The summed E-state index contributed by atoms with van der Waals surface area (Å²) < 4.78 is 30.5. The Labute approximate surface area is 177 Å². The highest BCUT2D eigenvalue weighted by molar-refractivity contribution is 7.89. The molecule has 1 rings (SSSR count). The van der Waals surface area contributed by atoms with Gasteiger partial charge < -0.3 is 18.8 Å². The number of carbonyl (C=O) groups excluding carboxylic acids is 1. The first-order valence-corrected chi connectivity index (χ1v) is 11.1. The van der Waals surface area contributed by atoms with Crippen molar-refractivity contribution < 1.29 is 23.6 Å². The molecular weight excluding hydrogens is 392 g/mol. The predicted molar refractivity (Wildman–Crippen MR) is 116 cm³/mol. The van der Waals surface area contributed by atoms with Gasteiger partial charge in [-0.2, -0.15) is 0 Å². The van der Waals surface area contributed by atoms with Crippen molar-refractivity contribution in [3.8, 4) is 0 Å². The van der Waals surface area contributed by atoms with Gasteiger partial charge in [0.15, 0.2) is 12.6 Å². The molecule has 0 amide bonds. The molecule has 0 heterocycles. The number of Topliss-reactive ketones (excluding diaryl/α,β-unsaturated/α-hetero) is 1. The second kappa shape index (κ2) is 13.5. The van der Waals surface area contributed by atoms with Crippen LogP contribution in [-0.4, -0.2) is 54.3 Å². The van der Waals surface area contributed by atoms with Crippen LogP contribution in [0.2, 0.25) is 0 Å². The smallest absolute Gasteiger partial charge is 0.188 e. The Morgan fingerprint density at radius 1 is 1.45 bits per heavy atom. The molecule has 0 aliphatic heterocycles. The number of rotatable bonds is 12. The lowest BCUT2D eigenvalue weighted by Gasteiger charge is -2.23. The zero-order chi connectivity index (χ0) is 21.8. The number of ether oxygens (including phenoxy) is 3. The average Bonchev–Trinajstić information content (AvgIpc) is 2.65. The highest BCUT2D eigenvalue weighted by Gasteiger charge is 2.22. The topological polar surface area (TPSA) is 83.4 Å². The number of carbonyl (C=O) groups is 1. The van der Waals surface area contributed by atoms with Crippen molar-refractivity contribution in [2.24, 2.45) is 16.9 Å². The van der Waals surface area contributed by atoms with Crippen LogP contribution in [-0.2, 0) is 30.4 Å². The van der Waals surface area contributed by atoms with Crippen molar-refractivity contribution in [2.45, 2.75) is 40.5 Å². The van der Waals surface area contributed by atoms with Gasteiger partial charge in [0.25, 0.3) is 0 Å². The monoisotopic (exact) mass is 426 g/mol. The molecule has 0 N–H and O–H groups in total. The van der Waals surface area contributed by atoms with Crippen LogP contribution in [0.1, 0.15) is 40.5 Å². The van der Waals surface area contributed by atoms with E-state index >= 15 is 0 Å². The van der Waals surface area contributed by atoms with Gasteiger partial charge in [0.2, 0.25) is 0 Å². The molecule has 0 spiro atoms. The van der Waals surface area contributed by atoms with Gasteiger partial charge in [0, 0.05) is 24.8 Å². The summed E-state index contributed by atoms with van der Waals surface area (Å²) in [5.41, 5.74) is 0.857. The summed E-state index contributed by atoms with van der Waals surface area (Å²) in [5.74, 6) is 1.81. The first-order valence-electron chi connectivity index (χ1n) is 9.80. The Hall–Kier alpha value is -1.77. The molecule has 29 heavy (non-hydrogen) atoms.